The molecule has 3 nitrogen and oxygen atoms in total. The van der Waals surface area contributed by atoms with Crippen LogP contribution in [0.3, 0.4) is 0 Å². The summed E-state index contributed by atoms with van der Waals surface area (Å²) in [5, 5.41) is 11.6. The summed E-state index contributed by atoms with van der Waals surface area (Å²) in [7, 11) is 0. The van der Waals surface area contributed by atoms with Crippen molar-refractivity contribution in [1.29, 1.82) is 0 Å². The first-order valence-electron chi connectivity index (χ1n) is 4.42. The van der Waals surface area contributed by atoms with Gasteiger partial charge in [0, 0.05) is 15.3 Å². The molecule has 0 saturated carbocycles. The molecule has 1 rings (SSSR count). The lowest BCUT2D eigenvalue weighted by Gasteiger charge is -2.14. The highest BCUT2D eigenvalue weighted by Crippen LogP contribution is 2.20. The second kappa shape index (κ2) is 5.29. The zero-order valence-electron chi connectivity index (χ0n) is 8.13. The first-order valence-corrected chi connectivity index (χ1v) is 5.50. The third kappa shape index (κ3) is 4.03. The minimum Gasteiger partial charge on any atom is -0.481 e. The van der Waals surface area contributed by atoms with Gasteiger partial charge in [0.1, 0.15) is 5.82 Å². The minimum atomic E-state index is -0.855. The van der Waals surface area contributed by atoms with E-state index < -0.39 is 5.97 Å². The highest BCUT2D eigenvalue weighted by Gasteiger charge is 2.09. The molecule has 0 saturated heterocycles. The highest BCUT2D eigenvalue weighted by atomic mass is 127. The topological polar surface area (TPSA) is 49.3 Å². The number of anilines is 1. The fourth-order valence-corrected chi connectivity index (χ4v) is 1.82. The van der Waals surface area contributed by atoms with Gasteiger partial charge in [-0.25, -0.2) is 4.39 Å². The van der Waals surface area contributed by atoms with Crippen LogP contribution in [0.25, 0.3) is 0 Å². The summed E-state index contributed by atoms with van der Waals surface area (Å²) in [4.78, 5) is 10.4. The predicted molar refractivity (Wildman–Crippen MR) is 64.5 cm³/mol. The molecule has 0 radical (unpaired) electrons. The van der Waals surface area contributed by atoms with Crippen molar-refractivity contribution < 1.29 is 14.3 Å². The number of benzene rings is 1. The maximum Gasteiger partial charge on any atom is 0.305 e. The lowest BCUT2D eigenvalue weighted by atomic mass is 10.2. The van der Waals surface area contributed by atoms with E-state index in [1.807, 2.05) is 22.6 Å². The zero-order chi connectivity index (χ0) is 11.4. The van der Waals surface area contributed by atoms with E-state index in [0.29, 0.717) is 0 Å². The molecule has 0 heterocycles. The maximum absolute atomic E-state index is 12.8. The third-order valence-corrected chi connectivity index (χ3v) is 2.71. The van der Waals surface area contributed by atoms with Crippen molar-refractivity contribution >= 4 is 34.2 Å². The Kier molecular flexibility index (Phi) is 4.31. The lowest BCUT2D eigenvalue weighted by Crippen LogP contribution is -2.19. The van der Waals surface area contributed by atoms with Gasteiger partial charge in [-0.05, 0) is 47.7 Å². The summed E-state index contributed by atoms with van der Waals surface area (Å²) in [6, 6.07) is 4.17. The van der Waals surface area contributed by atoms with Crippen molar-refractivity contribution in [3.8, 4) is 0 Å². The Morgan fingerprint density at radius 2 is 2.33 bits per heavy atom. The molecule has 0 aliphatic carbocycles. The van der Waals surface area contributed by atoms with Crippen molar-refractivity contribution in [2.45, 2.75) is 19.4 Å². The first-order chi connectivity index (χ1) is 6.99. The molecule has 1 aromatic rings. The predicted octanol–water partition coefficient (Wildman–Crippen LogP) is 2.71. The monoisotopic (exact) mass is 323 g/mol. The summed E-state index contributed by atoms with van der Waals surface area (Å²) >= 11 is 2.00. The smallest absolute Gasteiger partial charge is 0.305 e. The van der Waals surface area contributed by atoms with Crippen LogP contribution in [0.2, 0.25) is 0 Å². The van der Waals surface area contributed by atoms with Gasteiger partial charge in [-0.1, -0.05) is 0 Å². The Hall–Kier alpha value is -0.850. The van der Waals surface area contributed by atoms with Gasteiger partial charge < -0.3 is 10.4 Å². The van der Waals surface area contributed by atoms with E-state index in [2.05, 4.69) is 5.32 Å². The van der Waals surface area contributed by atoms with E-state index in [1.54, 1.807) is 13.0 Å². The van der Waals surface area contributed by atoms with Gasteiger partial charge in [-0.3, -0.25) is 4.79 Å². The number of aliphatic carboxylic acids is 1. The van der Waals surface area contributed by atoms with Crippen LogP contribution in [0.15, 0.2) is 18.2 Å². The molecular formula is C10H11FINO2. The molecule has 0 aliphatic heterocycles. The standard InChI is InChI=1S/C10H11FINO2/c1-6(4-10(14)15)13-9-3-2-7(11)5-8(9)12/h2-3,5-6,13H,4H2,1H3,(H,14,15). The van der Waals surface area contributed by atoms with Gasteiger partial charge in [0.05, 0.1) is 6.42 Å². The average Bonchev–Trinajstić information content (AvgIpc) is 2.08. The van der Waals surface area contributed by atoms with E-state index in [-0.39, 0.29) is 18.3 Å². The quantitative estimate of drug-likeness (QED) is 0.838. The van der Waals surface area contributed by atoms with Crippen molar-refractivity contribution in [2.75, 3.05) is 5.32 Å². The summed E-state index contributed by atoms with van der Waals surface area (Å²) in [5.41, 5.74) is 0.755. The molecule has 0 aromatic heterocycles. The molecule has 2 N–H and O–H groups in total. The molecule has 1 unspecified atom stereocenters. The average molecular weight is 323 g/mol. The Labute approximate surface area is 101 Å². The van der Waals surface area contributed by atoms with Crippen molar-refractivity contribution in [3.63, 3.8) is 0 Å². The van der Waals surface area contributed by atoms with Crippen LogP contribution in [0.1, 0.15) is 13.3 Å². The number of hydrogen-bond acceptors (Lipinski definition) is 2. The molecule has 0 aliphatic rings. The Morgan fingerprint density at radius 1 is 1.67 bits per heavy atom. The number of carboxylic acid groups (broad SMARTS) is 1. The van der Waals surface area contributed by atoms with Crippen LogP contribution in [-0.4, -0.2) is 17.1 Å². The van der Waals surface area contributed by atoms with Crippen molar-refractivity contribution in [3.05, 3.63) is 27.6 Å². The molecule has 0 amide bonds. The Bertz CT molecular complexity index is 370. The molecule has 1 atom stereocenters. The summed E-state index contributed by atoms with van der Waals surface area (Å²) < 4.78 is 13.5. The van der Waals surface area contributed by atoms with Crippen LogP contribution < -0.4 is 5.32 Å². The molecular weight excluding hydrogens is 312 g/mol. The first kappa shape index (κ1) is 12.2. The molecule has 1 aromatic carbocycles. The Morgan fingerprint density at radius 3 is 2.87 bits per heavy atom. The van der Waals surface area contributed by atoms with Crippen LogP contribution in [-0.2, 0) is 4.79 Å². The van der Waals surface area contributed by atoms with Crippen LogP contribution in [0, 0.1) is 9.39 Å². The molecule has 0 fully saturated rings. The van der Waals surface area contributed by atoms with Crippen molar-refractivity contribution in [1.82, 2.24) is 0 Å². The molecule has 82 valence electrons. The number of rotatable bonds is 4. The van der Waals surface area contributed by atoms with Gasteiger partial charge in [0.2, 0.25) is 0 Å². The van der Waals surface area contributed by atoms with E-state index in [0.717, 1.165) is 9.26 Å². The van der Waals surface area contributed by atoms with Crippen molar-refractivity contribution in [2.24, 2.45) is 0 Å². The number of hydrogen-bond donors (Lipinski definition) is 2. The van der Waals surface area contributed by atoms with Gasteiger partial charge in [-0.15, -0.1) is 0 Å². The minimum absolute atomic E-state index is 0.0352. The number of halogens is 2. The van der Waals surface area contributed by atoms with Crippen LogP contribution in [0.4, 0.5) is 10.1 Å². The number of nitrogens with one attached hydrogen (secondary N) is 1. The summed E-state index contributed by atoms with van der Waals surface area (Å²) in [5.74, 6) is -1.15. The van der Waals surface area contributed by atoms with E-state index >= 15 is 0 Å². The fraction of sp³-hybridized carbons (Fsp3) is 0.300. The third-order valence-electron chi connectivity index (χ3n) is 1.81. The van der Waals surface area contributed by atoms with Gasteiger partial charge >= 0.3 is 5.97 Å². The summed E-state index contributed by atoms with van der Waals surface area (Å²) in [6.45, 7) is 1.77. The van der Waals surface area contributed by atoms with Crippen LogP contribution in [0.5, 0.6) is 0 Å². The largest absolute Gasteiger partial charge is 0.481 e. The Balaban J connectivity index is 2.68. The number of carboxylic acids is 1. The zero-order valence-corrected chi connectivity index (χ0v) is 10.3. The van der Waals surface area contributed by atoms with E-state index in [1.165, 1.54) is 12.1 Å². The lowest BCUT2D eigenvalue weighted by molar-refractivity contribution is -0.137. The van der Waals surface area contributed by atoms with Crippen LogP contribution >= 0.6 is 22.6 Å². The normalized spacial score (nSPS) is 12.2. The SMILES string of the molecule is CC(CC(=O)O)Nc1ccc(F)cc1I. The fourth-order valence-electron chi connectivity index (χ4n) is 1.18. The molecule has 0 bridgehead atoms. The number of carbonyl (C=O) groups is 1. The van der Waals surface area contributed by atoms with E-state index in [9.17, 15) is 9.18 Å². The second-order valence-electron chi connectivity index (χ2n) is 3.27. The van der Waals surface area contributed by atoms with Gasteiger partial charge in [0.25, 0.3) is 0 Å². The molecule has 5 heteroatoms. The van der Waals surface area contributed by atoms with E-state index in [4.69, 9.17) is 5.11 Å². The van der Waals surface area contributed by atoms with Gasteiger partial charge in [0.15, 0.2) is 0 Å². The summed E-state index contributed by atoms with van der Waals surface area (Å²) in [6.07, 6.45) is 0.0352. The highest BCUT2D eigenvalue weighted by molar-refractivity contribution is 14.1. The molecule has 0 spiro atoms. The second-order valence-corrected chi connectivity index (χ2v) is 4.43. The maximum atomic E-state index is 12.8. The molecule has 15 heavy (non-hydrogen) atoms. The van der Waals surface area contributed by atoms with Gasteiger partial charge in [-0.2, -0.15) is 0 Å².